The maximum absolute atomic E-state index is 13.3. The molecule has 0 saturated carbocycles. The highest BCUT2D eigenvalue weighted by atomic mass is 32.2. The molecule has 3 rings (SSSR count). The minimum absolute atomic E-state index is 0.0251. The molecule has 168 valence electrons. The Bertz CT molecular complexity index is 1070. The zero-order chi connectivity index (χ0) is 22.8. The van der Waals surface area contributed by atoms with Crippen LogP contribution in [0, 0.1) is 0 Å². The van der Waals surface area contributed by atoms with Crippen LogP contribution in [0.25, 0.3) is 0 Å². The Hall–Kier alpha value is -2.79. The summed E-state index contributed by atoms with van der Waals surface area (Å²) in [6.07, 6.45) is -5.32. The zero-order valence-electron chi connectivity index (χ0n) is 16.4. The maximum Gasteiger partial charge on any atom is 0.416 e. The Morgan fingerprint density at radius 3 is 2.65 bits per heavy atom. The van der Waals surface area contributed by atoms with Gasteiger partial charge in [-0.25, -0.2) is 8.42 Å². The fourth-order valence-electron chi connectivity index (χ4n) is 3.17. The summed E-state index contributed by atoms with van der Waals surface area (Å²) < 4.78 is 77.3. The van der Waals surface area contributed by atoms with Crippen LogP contribution in [0.3, 0.4) is 0 Å². The van der Waals surface area contributed by atoms with E-state index < -0.39 is 38.7 Å². The molecule has 11 heteroatoms. The highest BCUT2D eigenvalue weighted by Gasteiger charge is 2.37. The van der Waals surface area contributed by atoms with Crippen molar-refractivity contribution < 1.29 is 41.0 Å². The van der Waals surface area contributed by atoms with Crippen LogP contribution in [0.4, 0.5) is 18.9 Å². The largest absolute Gasteiger partial charge is 0.486 e. The first-order chi connectivity index (χ1) is 14.6. The van der Waals surface area contributed by atoms with Gasteiger partial charge in [-0.3, -0.25) is 9.10 Å². The normalized spacial score (nSPS) is 16.4. The van der Waals surface area contributed by atoms with Gasteiger partial charge in [0.25, 0.3) is 10.0 Å². The molecule has 7 nitrogen and oxygen atoms in total. The van der Waals surface area contributed by atoms with Gasteiger partial charge in [0.1, 0.15) is 11.9 Å². The topological polar surface area (TPSA) is 93.1 Å². The number of halogens is 3. The lowest BCUT2D eigenvalue weighted by Crippen LogP contribution is -2.43. The van der Waals surface area contributed by atoms with Crippen LogP contribution < -0.4 is 9.04 Å². The van der Waals surface area contributed by atoms with Crippen molar-refractivity contribution in [1.29, 1.82) is 0 Å². The number of benzene rings is 2. The first-order valence-corrected chi connectivity index (χ1v) is 10.7. The van der Waals surface area contributed by atoms with E-state index >= 15 is 0 Å². The Morgan fingerprint density at radius 2 is 2.00 bits per heavy atom. The van der Waals surface area contributed by atoms with Crippen molar-refractivity contribution in [1.82, 2.24) is 0 Å². The highest BCUT2D eigenvalue weighted by Crippen LogP contribution is 2.39. The predicted molar refractivity (Wildman–Crippen MR) is 104 cm³/mol. The van der Waals surface area contributed by atoms with Crippen molar-refractivity contribution >= 4 is 21.7 Å². The van der Waals surface area contributed by atoms with Gasteiger partial charge < -0.3 is 14.6 Å². The molecule has 2 aromatic carbocycles. The molecule has 0 fully saturated rings. The van der Waals surface area contributed by atoms with Crippen molar-refractivity contribution in [2.45, 2.75) is 36.6 Å². The third-order valence-electron chi connectivity index (χ3n) is 4.79. The highest BCUT2D eigenvalue weighted by molar-refractivity contribution is 7.92. The van der Waals surface area contributed by atoms with Gasteiger partial charge in [0.05, 0.1) is 36.4 Å². The molecule has 0 amide bonds. The Kier molecular flexibility index (Phi) is 6.46. The van der Waals surface area contributed by atoms with Crippen molar-refractivity contribution in [3.8, 4) is 5.75 Å². The number of methoxy groups -OCH3 is 1. The summed E-state index contributed by atoms with van der Waals surface area (Å²) in [4.78, 5) is 10.9. The molecule has 0 unspecified atom stereocenters. The Morgan fingerprint density at radius 1 is 1.26 bits per heavy atom. The van der Waals surface area contributed by atoms with Gasteiger partial charge in [-0.05, 0) is 42.3 Å². The van der Waals surface area contributed by atoms with E-state index in [1.807, 2.05) is 0 Å². The monoisotopic (exact) mass is 459 g/mol. The van der Waals surface area contributed by atoms with Crippen LogP contribution in [0.5, 0.6) is 5.75 Å². The van der Waals surface area contributed by atoms with E-state index in [4.69, 9.17) is 4.74 Å². The van der Waals surface area contributed by atoms with Gasteiger partial charge >= 0.3 is 12.1 Å². The first kappa shape index (κ1) is 22.9. The molecule has 0 aromatic heterocycles. The van der Waals surface area contributed by atoms with Crippen LogP contribution >= 0.6 is 0 Å². The average Bonchev–Trinajstić information content (AvgIpc) is 2.75. The number of hydrogen-bond donors (Lipinski definition) is 1. The number of alkyl halides is 3. The van der Waals surface area contributed by atoms with Crippen molar-refractivity contribution in [2.75, 3.05) is 18.0 Å². The summed E-state index contributed by atoms with van der Waals surface area (Å²) in [5, 5.41) is 9.41. The number of anilines is 1. The van der Waals surface area contributed by atoms with Crippen molar-refractivity contribution in [3.05, 3.63) is 53.6 Å². The molecule has 31 heavy (non-hydrogen) atoms. The van der Waals surface area contributed by atoms with Gasteiger partial charge in [-0.2, -0.15) is 13.2 Å². The molecule has 0 spiro atoms. The van der Waals surface area contributed by atoms with E-state index in [0.29, 0.717) is 11.6 Å². The third kappa shape index (κ3) is 4.93. The number of esters is 1. The molecule has 1 heterocycles. The van der Waals surface area contributed by atoms with Gasteiger partial charge in [0.15, 0.2) is 0 Å². The molecular weight excluding hydrogens is 439 g/mol. The summed E-state index contributed by atoms with van der Waals surface area (Å²) in [5.41, 5.74) is -0.591. The number of aliphatic hydroxyl groups excluding tert-OH is 1. The van der Waals surface area contributed by atoms with Crippen LogP contribution in [-0.2, 0) is 32.3 Å². The van der Waals surface area contributed by atoms with E-state index in [1.165, 1.54) is 25.3 Å². The molecular formula is C20H20F3NO6S. The second-order valence-electron chi connectivity index (χ2n) is 6.88. The minimum atomic E-state index is -4.71. The van der Waals surface area contributed by atoms with E-state index in [0.717, 1.165) is 22.5 Å². The maximum atomic E-state index is 13.3. The molecule has 2 aromatic rings. The number of rotatable bonds is 6. The number of ether oxygens (including phenoxy) is 2. The molecule has 1 N–H and O–H groups in total. The lowest BCUT2D eigenvalue weighted by atomic mass is 10.1. The fraction of sp³-hybridized carbons (Fsp3) is 0.350. The number of hydrogen-bond acceptors (Lipinski definition) is 6. The van der Waals surface area contributed by atoms with Crippen molar-refractivity contribution in [3.63, 3.8) is 0 Å². The molecule has 1 atom stereocenters. The van der Waals surface area contributed by atoms with E-state index in [-0.39, 0.29) is 37.4 Å². The molecule has 1 aliphatic heterocycles. The quantitative estimate of drug-likeness (QED) is 0.668. The lowest BCUT2D eigenvalue weighted by Gasteiger charge is -2.35. The van der Waals surface area contributed by atoms with Gasteiger partial charge in [0.2, 0.25) is 0 Å². The number of aliphatic hydroxyl groups is 1. The summed E-state index contributed by atoms with van der Waals surface area (Å²) in [6, 6.07) is 7.88. The van der Waals surface area contributed by atoms with Crippen LogP contribution in [-0.4, -0.2) is 39.3 Å². The van der Waals surface area contributed by atoms with Gasteiger partial charge in [0, 0.05) is 6.42 Å². The molecule has 1 aliphatic rings. The van der Waals surface area contributed by atoms with E-state index in [2.05, 4.69) is 4.74 Å². The predicted octanol–water partition coefficient (Wildman–Crippen LogP) is 3.11. The van der Waals surface area contributed by atoms with Crippen molar-refractivity contribution in [2.24, 2.45) is 0 Å². The first-order valence-electron chi connectivity index (χ1n) is 9.23. The zero-order valence-corrected chi connectivity index (χ0v) is 17.2. The molecule has 0 aliphatic carbocycles. The van der Waals surface area contributed by atoms with Crippen LogP contribution in [0.15, 0.2) is 47.4 Å². The Labute approximate surface area is 177 Å². The smallest absolute Gasteiger partial charge is 0.416 e. The number of carbonyl (C=O) groups excluding carboxylic acids is 1. The average molecular weight is 459 g/mol. The molecule has 0 saturated heterocycles. The summed E-state index contributed by atoms with van der Waals surface area (Å²) in [6.45, 7) is -0.589. The molecule has 0 radical (unpaired) electrons. The SMILES string of the molecule is COC(=O)CC[C@H]1CN(S(=O)(=O)c2cccc(C(F)(F)F)c2)c2cc(CO)ccc2O1. The number of nitrogens with zero attached hydrogens (tertiary/aromatic N) is 1. The second-order valence-corrected chi connectivity index (χ2v) is 8.74. The van der Waals surface area contributed by atoms with E-state index in [1.54, 1.807) is 0 Å². The summed E-state index contributed by atoms with van der Waals surface area (Å²) in [5.74, 6) is -0.328. The second kappa shape index (κ2) is 8.75. The summed E-state index contributed by atoms with van der Waals surface area (Å²) >= 11 is 0. The van der Waals surface area contributed by atoms with Crippen LogP contribution in [0.2, 0.25) is 0 Å². The third-order valence-corrected chi connectivity index (χ3v) is 6.56. The standard InChI is InChI=1S/C20H20F3NO6S/c1-29-19(26)8-6-15-11-24(17-9-13(12-25)5-7-18(17)30-15)31(27,28)16-4-2-3-14(10-16)20(21,22)23/h2-5,7,9-10,15,25H,6,8,11-12H2,1H3/t15-/m0/s1. The van der Waals surface area contributed by atoms with E-state index in [9.17, 15) is 31.5 Å². The van der Waals surface area contributed by atoms with Gasteiger partial charge in [-0.1, -0.05) is 12.1 Å². The molecule has 0 bridgehead atoms. The van der Waals surface area contributed by atoms with Gasteiger partial charge in [-0.15, -0.1) is 0 Å². The number of carbonyl (C=O) groups is 1. The fourth-order valence-corrected chi connectivity index (χ4v) is 4.72. The van der Waals surface area contributed by atoms with Crippen LogP contribution in [0.1, 0.15) is 24.0 Å². The Balaban J connectivity index is 2.03. The summed E-state index contributed by atoms with van der Waals surface area (Å²) in [7, 11) is -3.18. The minimum Gasteiger partial charge on any atom is -0.486 e. The lowest BCUT2D eigenvalue weighted by molar-refractivity contribution is -0.141. The number of fused-ring (bicyclic) bond motifs is 1. The number of sulfonamides is 1.